The van der Waals surface area contributed by atoms with E-state index in [4.69, 9.17) is 0 Å². The maximum Gasteiger partial charge on any atom is 0.0363 e. The number of hydrogen-bond donors (Lipinski definition) is 0. The summed E-state index contributed by atoms with van der Waals surface area (Å²) in [5.41, 5.74) is 2.78. The van der Waals surface area contributed by atoms with E-state index in [-0.39, 0.29) is 0 Å². The molecule has 0 aromatic heterocycles. The van der Waals surface area contributed by atoms with Crippen molar-refractivity contribution in [1.29, 1.82) is 0 Å². The fourth-order valence-corrected chi connectivity index (χ4v) is 1.75. The third kappa shape index (κ3) is 4.37. The zero-order valence-corrected chi connectivity index (χ0v) is 10.3. The molecule has 1 aromatic carbocycles. The summed E-state index contributed by atoms with van der Waals surface area (Å²) in [6.07, 6.45) is 6.60. The molecular weight excluding hydrogens is 182 g/mol. The summed E-state index contributed by atoms with van der Waals surface area (Å²) >= 11 is 0. The number of anilines is 1. The summed E-state index contributed by atoms with van der Waals surface area (Å²) in [5.74, 6) is 0. The highest BCUT2D eigenvalue weighted by atomic mass is 15.1. The molecule has 0 radical (unpaired) electrons. The van der Waals surface area contributed by atoms with E-state index in [1.165, 1.54) is 43.4 Å². The van der Waals surface area contributed by atoms with Crippen LogP contribution in [0.15, 0.2) is 24.3 Å². The smallest absolute Gasteiger partial charge is 0.0363 e. The van der Waals surface area contributed by atoms with Crippen LogP contribution in [0.25, 0.3) is 0 Å². The standard InChI is InChI=1S/C14H23N/c1-4-5-6-7-9-13-10-8-11-14(12-13)15(2)3/h8,10-12H,4-7,9H2,1-3H3. The van der Waals surface area contributed by atoms with E-state index in [1.807, 2.05) is 0 Å². The second-order valence-electron chi connectivity index (χ2n) is 4.37. The average molecular weight is 205 g/mol. The Kier molecular flexibility index (Phi) is 5.23. The molecular formula is C14H23N. The summed E-state index contributed by atoms with van der Waals surface area (Å²) in [6.45, 7) is 2.26. The maximum absolute atomic E-state index is 2.30. The highest BCUT2D eigenvalue weighted by Crippen LogP contribution is 2.15. The first-order chi connectivity index (χ1) is 7.24. The molecule has 0 fully saturated rings. The molecule has 0 amide bonds. The molecule has 0 atom stereocenters. The van der Waals surface area contributed by atoms with Gasteiger partial charge in [0, 0.05) is 19.8 Å². The Morgan fingerprint density at radius 1 is 1.07 bits per heavy atom. The fraction of sp³-hybridized carbons (Fsp3) is 0.571. The molecule has 84 valence electrons. The predicted molar refractivity (Wildman–Crippen MR) is 68.6 cm³/mol. The molecule has 0 spiro atoms. The molecule has 1 nitrogen and oxygen atoms in total. The summed E-state index contributed by atoms with van der Waals surface area (Å²) < 4.78 is 0. The van der Waals surface area contributed by atoms with Gasteiger partial charge in [-0.1, -0.05) is 38.3 Å². The molecule has 15 heavy (non-hydrogen) atoms. The van der Waals surface area contributed by atoms with Crippen molar-refractivity contribution in [3.8, 4) is 0 Å². The quantitative estimate of drug-likeness (QED) is 0.637. The van der Waals surface area contributed by atoms with Crippen LogP contribution in [-0.4, -0.2) is 14.1 Å². The number of benzene rings is 1. The highest BCUT2D eigenvalue weighted by molar-refractivity contribution is 5.47. The third-order valence-corrected chi connectivity index (χ3v) is 2.75. The molecule has 0 saturated carbocycles. The van der Waals surface area contributed by atoms with Crippen molar-refractivity contribution in [2.24, 2.45) is 0 Å². The number of unbranched alkanes of at least 4 members (excludes halogenated alkanes) is 3. The van der Waals surface area contributed by atoms with Gasteiger partial charge < -0.3 is 4.90 Å². The second kappa shape index (κ2) is 6.49. The Balaban J connectivity index is 2.43. The Morgan fingerprint density at radius 2 is 1.87 bits per heavy atom. The van der Waals surface area contributed by atoms with Crippen LogP contribution in [0.1, 0.15) is 38.2 Å². The molecule has 0 aliphatic heterocycles. The monoisotopic (exact) mass is 205 g/mol. The van der Waals surface area contributed by atoms with Crippen LogP contribution in [0, 0.1) is 0 Å². The lowest BCUT2D eigenvalue weighted by Gasteiger charge is -2.13. The van der Waals surface area contributed by atoms with Gasteiger partial charge in [0.2, 0.25) is 0 Å². The van der Waals surface area contributed by atoms with Gasteiger partial charge in [-0.15, -0.1) is 0 Å². The van der Waals surface area contributed by atoms with Gasteiger partial charge in [-0.25, -0.2) is 0 Å². The fourth-order valence-electron chi connectivity index (χ4n) is 1.75. The van der Waals surface area contributed by atoms with Crippen molar-refractivity contribution in [1.82, 2.24) is 0 Å². The van der Waals surface area contributed by atoms with Crippen LogP contribution in [0.2, 0.25) is 0 Å². The number of rotatable bonds is 6. The lowest BCUT2D eigenvalue weighted by atomic mass is 10.1. The van der Waals surface area contributed by atoms with Gasteiger partial charge in [0.15, 0.2) is 0 Å². The van der Waals surface area contributed by atoms with E-state index in [1.54, 1.807) is 0 Å². The van der Waals surface area contributed by atoms with Crippen molar-refractivity contribution in [3.05, 3.63) is 29.8 Å². The molecule has 0 N–H and O–H groups in total. The molecule has 0 unspecified atom stereocenters. The second-order valence-corrected chi connectivity index (χ2v) is 4.37. The molecule has 0 aliphatic carbocycles. The van der Waals surface area contributed by atoms with Crippen LogP contribution in [-0.2, 0) is 6.42 Å². The van der Waals surface area contributed by atoms with Crippen LogP contribution in [0.4, 0.5) is 5.69 Å². The molecule has 0 aliphatic rings. The topological polar surface area (TPSA) is 3.24 Å². The normalized spacial score (nSPS) is 10.3. The predicted octanol–water partition coefficient (Wildman–Crippen LogP) is 3.88. The lowest BCUT2D eigenvalue weighted by molar-refractivity contribution is 0.667. The molecule has 1 rings (SSSR count). The average Bonchev–Trinajstić information content (AvgIpc) is 2.25. The van der Waals surface area contributed by atoms with Crippen molar-refractivity contribution < 1.29 is 0 Å². The van der Waals surface area contributed by atoms with Gasteiger partial charge in [0.1, 0.15) is 0 Å². The van der Waals surface area contributed by atoms with E-state index in [0.717, 1.165) is 0 Å². The Bertz CT molecular complexity index is 278. The van der Waals surface area contributed by atoms with Crippen LogP contribution in [0.5, 0.6) is 0 Å². The summed E-state index contributed by atoms with van der Waals surface area (Å²) in [5, 5.41) is 0. The van der Waals surface area contributed by atoms with E-state index < -0.39 is 0 Å². The minimum Gasteiger partial charge on any atom is -0.378 e. The van der Waals surface area contributed by atoms with Crippen molar-refractivity contribution >= 4 is 5.69 Å². The van der Waals surface area contributed by atoms with Gasteiger partial charge in [0.05, 0.1) is 0 Å². The summed E-state index contributed by atoms with van der Waals surface area (Å²) in [4.78, 5) is 2.16. The van der Waals surface area contributed by atoms with Crippen LogP contribution >= 0.6 is 0 Å². The summed E-state index contributed by atoms with van der Waals surface area (Å²) in [7, 11) is 4.19. The molecule has 0 bridgehead atoms. The first kappa shape index (κ1) is 12.1. The van der Waals surface area contributed by atoms with E-state index >= 15 is 0 Å². The van der Waals surface area contributed by atoms with E-state index in [2.05, 4.69) is 50.2 Å². The minimum atomic E-state index is 1.22. The minimum absolute atomic E-state index is 1.22. The van der Waals surface area contributed by atoms with E-state index in [9.17, 15) is 0 Å². The van der Waals surface area contributed by atoms with Gasteiger partial charge in [-0.2, -0.15) is 0 Å². The number of nitrogens with zero attached hydrogens (tertiary/aromatic N) is 1. The lowest BCUT2D eigenvalue weighted by Crippen LogP contribution is -2.08. The van der Waals surface area contributed by atoms with Gasteiger partial charge in [-0.05, 0) is 30.5 Å². The Morgan fingerprint density at radius 3 is 2.53 bits per heavy atom. The largest absolute Gasteiger partial charge is 0.378 e. The van der Waals surface area contributed by atoms with Crippen molar-refractivity contribution in [2.75, 3.05) is 19.0 Å². The zero-order chi connectivity index (χ0) is 11.1. The molecule has 0 heterocycles. The zero-order valence-electron chi connectivity index (χ0n) is 10.3. The highest BCUT2D eigenvalue weighted by Gasteiger charge is 1.97. The first-order valence-electron chi connectivity index (χ1n) is 6.00. The maximum atomic E-state index is 2.30. The summed E-state index contributed by atoms with van der Waals surface area (Å²) in [6, 6.07) is 8.85. The Labute approximate surface area is 94.1 Å². The Hall–Kier alpha value is -0.980. The number of aryl methyl sites for hydroxylation is 1. The van der Waals surface area contributed by atoms with Crippen LogP contribution < -0.4 is 4.90 Å². The molecule has 0 saturated heterocycles. The molecule has 1 heteroatoms. The van der Waals surface area contributed by atoms with Crippen molar-refractivity contribution in [3.63, 3.8) is 0 Å². The molecule has 1 aromatic rings. The first-order valence-corrected chi connectivity index (χ1v) is 6.00. The van der Waals surface area contributed by atoms with Gasteiger partial charge in [0.25, 0.3) is 0 Å². The third-order valence-electron chi connectivity index (χ3n) is 2.75. The number of hydrogen-bond acceptors (Lipinski definition) is 1. The van der Waals surface area contributed by atoms with Crippen molar-refractivity contribution in [2.45, 2.75) is 39.0 Å². The van der Waals surface area contributed by atoms with Gasteiger partial charge >= 0.3 is 0 Å². The van der Waals surface area contributed by atoms with Crippen LogP contribution in [0.3, 0.4) is 0 Å². The van der Waals surface area contributed by atoms with Gasteiger partial charge in [-0.3, -0.25) is 0 Å². The van der Waals surface area contributed by atoms with E-state index in [0.29, 0.717) is 0 Å². The SMILES string of the molecule is CCCCCCc1cccc(N(C)C)c1.